The number of likely N-dealkylation sites (N-methyl/N-ethyl adjacent to an activating group) is 2. The van der Waals surface area contributed by atoms with E-state index in [4.69, 9.17) is 0 Å². The molecule has 15 heavy (non-hydrogen) atoms. The lowest BCUT2D eigenvalue weighted by Gasteiger charge is -2.38. The molecule has 0 amide bonds. The highest BCUT2D eigenvalue weighted by molar-refractivity contribution is 4.99. The lowest BCUT2D eigenvalue weighted by atomic mass is 10.00. The Labute approximate surface area is 94.9 Å². The van der Waals surface area contributed by atoms with Gasteiger partial charge in [0.1, 0.15) is 0 Å². The predicted molar refractivity (Wildman–Crippen MR) is 66.9 cm³/mol. The molecule has 1 saturated heterocycles. The number of nitrogens with zero attached hydrogens (tertiary/aromatic N) is 2. The Kier molecular flexibility index (Phi) is 4.65. The third kappa shape index (κ3) is 3.86. The molecule has 2 heteroatoms. The van der Waals surface area contributed by atoms with Crippen LogP contribution in [-0.4, -0.2) is 43.0 Å². The van der Waals surface area contributed by atoms with E-state index < -0.39 is 0 Å². The molecule has 88 valence electrons. The number of rotatable bonds is 4. The summed E-state index contributed by atoms with van der Waals surface area (Å²) in [6, 6.07) is 0.676. The Hall–Kier alpha value is -0.500. The molecule has 0 radical (unpaired) electrons. The Morgan fingerprint density at radius 2 is 2.20 bits per heavy atom. The van der Waals surface area contributed by atoms with Crippen LogP contribution in [0.25, 0.3) is 0 Å². The highest BCUT2D eigenvalue weighted by Crippen LogP contribution is 2.23. The van der Waals surface area contributed by atoms with Gasteiger partial charge in [0, 0.05) is 31.9 Å². The van der Waals surface area contributed by atoms with E-state index in [2.05, 4.69) is 44.3 Å². The lowest BCUT2D eigenvalue weighted by Crippen LogP contribution is -2.43. The highest BCUT2D eigenvalue weighted by Gasteiger charge is 2.22. The van der Waals surface area contributed by atoms with Crippen molar-refractivity contribution in [2.24, 2.45) is 5.92 Å². The Balaban J connectivity index is 2.39. The van der Waals surface area contributed by atoms with Crippen molar-refractivity contribution >= 4 is 0 Å². The van der Waals surface area contributed by atoms with E-state index in [1.807, 2.05) is 0 Å². The van der Waals surface area contributed by atoms with Crippen molar-refractivity contribution < 1.29 is 0 Å². The summed E-state index contributed by atoms with van der Waals surface area (Å²) in [5, 5.41) is 0. The molecule has 0 aromatic rings. The van der Waals surface area contributed by atoms with Crippen molar-refractivity contribution in [3.8, 4) is 0 Å². The zero-order valence-corrected chi connectivity index (χ0v) is 10.8. The van der Waals surface area contributed by atoms with Crippen LogP contribution in [0.2, 0.25) is 0 Å². The smallest absolute Gasteiger partial charge is 0.0410 e. The Bertz CT molecular complexity index is 211. The van der Waals surface area contributed by atoms with Gasteiger partial charge in [0.2, 0.25) is 0 Å². The number of allylic oxidation sites excluding steroid dienone is 1. The number of piperidine rings is 1. The summed E-state index contributed by atoms with van der Waals surface area (Å²) < 4.78 is 0. The van der Waals surface area contributed by atoms with Gasteiger partial charge in [-0.15, -0.1) is 0 Å². The van der Waals surface area contributed by atoms with Gasteiger partial charge >= 0.3 is 0 Å². The van der Waals surface area contributed by atoms with Gasteiger partial charge in [-0.3, -0.25) is 0 Å². The molecule has 0 aromatic carbocycles. The summed E-state index contributed by atoms with van der Waals surface area (Å²) in [4.78, 5) is 4.82. The van der Waals surface area contributed by atoms with Gasteiger partial charge in [-0.05, 0) is 32.2 Å². The maximum absolute atomic E-state index is 4.12. The summed E-state index contributed by atoms with van der Waals surface area (Å²) in [6.45, 7) is 11.0. The summed E-state index contributed by atoms with van der Waals surface area (Å²) in [5.41, 5.74) is 1.31. The standard InChI is InChI=1S/C13H26N2/c1-11(2)9-14(4)10-13-8-6-7-12(3)15(13)5/h11,13H,3,6-10H2,1-2,4-5H3/t13-/m1/s1. The van der Waals surface area contributed by atoms with Crippen molar-refractivity contribution in [1.29, 1.82) is 0 Å². The van der Waals surface area contributed by atoms with Crippen molar-refractivity contribution in [2.75, 3.05) is 27.2 Å². The molecule has 1 aliphatic rings. The summed E-state index contributed by atoms with van der Waals surface area (Å²) in [5.74, 6) is 0.757. The molecule has 0 saturated carbocycles. The molecule has 1 aliphatic heterocycles. The van der Waals surface area contributed by atoms with Crippen molar-refractivity contribution in [2.45, 2.75) is 39.2 Å². The highest BCUT2D eigenvalue weighted by atomic mass is 15.2. The molecule has 0 aromatic heterocycles. The van der Waals surface area contributed by atoms with Gasteiger partial charge in [-0.25, -0.2) is 0 Å². The van der Waals surface area contributed by atoms with E-state index in [0.29, 0.717) is 6.04 Å². The average molecular weight is 210 g/mol. The van der Waals surface area contributed by atoms with E-state index in [0.717, 1.165) is 5.92 Å². The predicted octanol–water partition coefficient (Wildman–Crippen LogP) is 2.57. The van der Waals surface area contributed by atoms with Gasteiger partial charge in [-0.1, -0.05) is 20.4 Å². The van der Waals surface area contributed by atoms with Crippen LogP contribution in [-0.2, 0) is 0 Å². The zero-order chi connectivity index (χ0) is 11.4. The van der Waals surface area contributed by atoms with Crippen LogP contribution in [0.4, 0.5) is 0 Å². The molecule has 1 rings (SSSR count). The van der Waals surface area contributed by atoms with Gasteiger partial charge in [0.15, 0.2) is 0 Å². The average Bonchev–Trinajstić information content (AvgIpc) is 2.11. The molecule has 1 heterocycles. The summed E-state index contributed by atoms with van der Waals surface area (Å²) in [7, 11) is 4.42. The van der Waals surface area contributed by atoms with Gasteiger partial charge in [0.05, 0.1) is 0 Å². The first-order valence-electron chi connectivity index (χ1n) is 6.10. The molecular formula is C13H26N2. The largest absolute Gasteiger partial charge is 0.374 e. The molecule has 2 nitrogen and oxygen atoms in total. The first kappa shape index (κ1) is 12.6. The van der Waals surface area contributed by atoms with Crippen LogP contribution in [0, 0.1) is 5.92 Å². The van der Waals surface area contributed by atoms with Crippen molar-refractivity contribution in [3.63, 3.8) is 0 Å². The van der Waals surface area contributed by atoms with E-state index in [-0.39, 0.29) is 0 Å². The number of hydrogen-bond donors (Lipinski definition) is 0. The van der Waals surface area contributed by atoms with Crippen molar-refractivity contribution in [3.05, 3.63) is 12.3 Å². The zero-order valence-electron chi connectivity index (χ0n) is 10.8. The second-order valence-corrected chi connectivity index (χ2v) is 5.34. The molecule has 1 atom stereocenters. The van der Waals surface area contributed by atoms with E-state index >= 15 is 0 Å². The summed E-state index contributed by atoms with van der Waals surface area (Å²) in [6.07, 6.45) is 3.81. The minimum Gasteiger partial charge on any atom is -0.374 e. The van der Waals surface area contributed by atoms with Crippen LogP contribution in [0.3, 0.4) is 0 Å². The van der Waals surface area contributed by atoms with Crippen LogP contribution < -0.4 is 0 Å². The normalized spacial score (nSPS) is 22.9. The molecule has 0 aliphatic carbocycles. The van der Waals surface area contributed by atoms with Crippen molar-refractivity contribution in [1.82, 2.24) is 9.80 Å². The minimum absolute atomic E-state index is 0.676. The maximum Gasteiger partial charge on any atom is 0.0410 e. The second-order valence-electron chi connectivity index (χ2n) is 5.34. The molecule has 0 unspecified atom stereocenters. The molecular weight excluding hydrogens is 184 g/mol. The third-order valence-corrected chi connectivity index (χ3v) is 3.25. The van der Waals surface area contributed by atoms with E-state index in [9.17, 15) is 0 Å². The lowest BCUT2D eigenvalue weighted by molar-refractivity contribution is 0.169. The quantitative estimate of drug-likeness (QED) is 0.703. The van der Waals surface area contributed by atoms with E-state index in [1.54, 1.807) is 0 Å². The third-order valence-electron chi connectivity index (χ3n) is 3.25. The van der Waals surface area contributed by atoms with Gasteiger partial charge < -0.3 is 9.80 Å². The maximum atomic E-state index is 4.12. The number of hydrogen-bond acceptors (Lipinski definition) is 2. The van der Waals surface area contributed by atoms with Gasteiger partial charge in [0.25, 0.3) is 0 Å². The Morgan fingerprint density at radius 1 is 1.53 bits per heavy atom. The van der Waals surface area contributed by atoms with Crippen LogP contribution in [0.1, 0.15) is 33.1 Å². The first-order valence-corrected chi connectivity index (χ1v) is 6.10. The fourth-order valence-corrected chi connectivity index (χ4v) is 2.44. The second kappa shape index (κ2) is 5.55. The van der Waals surface area contributed by atoms with E-state index in [1.165, 1.54) is 38.0 Å². The molecule has 0 spiro atoms. The molecule has 0 N–H and O–H groups in total. The fraction of sp³-hybridized carbons (Fsp3) is 0.846. The first-order chi connectivity index (χ1) is 7.00. The van der Waals surface area contributed by atoms with Crippen LogP contribution in [0.5, 0.6) is 0 Å². The minimum atomic E-state index is 0.676. The Morgan fingerprint density at radius 3 is 2.80 bits per heavy atom. The fourth-order valence-electron chi connectivity index (χ4n) is 2.44. The SMILES string of the molecule is C=C1CCC[C@H](CN(C)CC(C)C)N1C. The molecule has 0 bridgehead atoms. The topological polar surface area (TPSA) is 6.48 Å². The summed E-state index contributed by atoms with van der Waals surface area (Å²) >= 11 is 0. The number of likely N-dealkylation sites (tertiary alicyclic amines) is 1. The molecule has 1 fully saturated rings. The monoisotopic (exact) mass is 210 g/mol. The van der Waals surface area contributed by atoms with Gasteiger partial charge in [-0.2, -0.15) is 0 Å². The van der Waals surface area contributed by atoms with Crippen LogP contribution >= 0.6 is 0 Å². The van der Waals surface area contributed by atoms with Crippen LogP contribution in [0.15, 0.2) is 12.3 Å².